The molecule has 0 bridgehead atoms. The molecule has 0 saturated heterocycles. The molecule has 2 heterocycles. The first-order chi connectivity index (χ1) is 13.6. The number of carbonyl (C=O) groups excluding carboxylic acids is 1. The highest BCUT2D eigenvalue weighted by Crippen LogP contribution is 2.26. The fraction of sp³-hybridized carbons (Fsp3) is 0.143. The molecule has 7 heteroatoms. The number of benzene rings is 2. The Morgan fingerprint density at radius 1 is 1.00 bits per heavy atom. The molecule has 1 N–H and O–H groups in total. The topological polar surface area (TPSA) is 81.4 Å². The van der Waals surface area contributed by atoms with Crippen molar-refractivity contribution < 1.29 is 9.53 Å². The maximum Gasteiger partial charge on any atom is 0.278 e. The van der Waals surface area contributed by atoms with Gasteiger partial charge in [0.1, 0.15) is 5.75 Å². The molecular weight excluding hydrogens is 354 g/mol. The molecule has 7 nitrogen and oxygen atoms in total. The van der Waals surface area contributed by atoms with Crippen LogP contribution in [-0.2, 0) is 0 Å². The summed E-state index contributed by atoms with van der Waals surface area (Å²) >= 11 is 0. The zero-order valence-electron chi connectivity index (χ0n) is 15.8. The number of nitrogens with zero attached hydrogens (tertiary/aromatic N) is 4. The van der Waals surface area contributed by atoms with Gasteiger partial charge in [-0.1, -0.05) is 29.8 Å². The average molecular weight is 373 g/mol. The Bertz CT molecular complexity index is 1150. The molecule has 0 aliphatic heterocycles. The number of rotatable bonds is 4. The van der Waals surface area contributed by atoms with Crippen LogP contribution in [0.15, 0.2) is 54.7 Å². The van der Waals surface area contributed by atoms with Crippen LogP contribution in [0.4, 0.5) is 5.69 Å². The van der Waals surface area contributed by atoms with Crippen LogP contribution >= 0.6 is 0 Å². The van der Waals surface area contributed by atoms with E-state index in [1.807, 2.05) is 55.5 Å². The van der Waals surface area contributed by atoms with Crippen LogP contribution in [0.3, 0.4) is 0 Å². The number of ether oxygens (including phenoxy) is 1. The lowest BCUT2D eigenvalue weighted by molar-refractivity contribution is 0.102. The van der Waals surface area contributed by atoms with Crippen LogP contribution in [0.1, 0.15) is 21.7 Å². The number of amides is 1. The van der Waals surface area contributed by atoms with Gasteiger partial charge >= 0.3 is 0 Å². The van der Waals surface area contributed by atoms with Gasteiger partial charge in [-0.25, -0.2) is 4.52 Å². The van der Waals surface area contributed by atoms with E-state index in [-0.39, 0.29) is 11.6 Å². The molecule has 140 valence electrons. The highest BCUT2D eigenvalue weighted by molar-refractivity contribution is 6.03. The molecule has 0 aliphatic rings. The third kappa shape index (κ3) is 3.18. The molecular formula is C21H19N5O2. The summed E-state index contributed by atoms with van der Waals surface area (Å²) in [5.41, 5.74) is 5.06. The van der Waals surface area contributed by atoms with Crippen molar-refractivity contribution in [3.05, 3.63) is 71.7 Å². The quantitative estimate of drug-likeness (QED) is 0.590. The summed E-state index contributed by atoms with van der Waals surface area (Å²) < 4.78 is 6.83. The van der Waals surface area contributed by atoms with Crippen molar-refractivity contribution in [2.75, 3.05) is 12.4 Å². The third-order valence-electron chi connectivity index (χ3n) is 4.57. The molecule has 0 aliphatic carbocycles. The Morgan fingerprint density at radius 3 is 2.39 bits per heavy atom. The van der Waals surface area contributed by atoms with Crippen molar-refractivity contribution in [3.8, 4) is 16.9 Å². The summed E-state index contributed by atoms with van der Waals surface area (Å²) in [5.74, 6) is 0.454. The minimum Gasteiger partial charge on any atom is -0.497 e. The number of methoxy groups -OCH3 is 1. The molecule has 2 aromatic carbocycles. The van der Waals surface area contributed by atoms with Crippen molar-refractivity contribution in [2.24, 2.45) is 0 Å². The van der Waals surface area contributed by atoms with Crippen LogP contribution in [0.5, 0.6) is 5.75 Å². The second-order valence-corrected chi connectivity index (χ2v) is 6.48. The Balaban J connectivity index is 1.67. The number of fused-ring (bicyclic) bond motifs is 1. The highest BCUT2D eigenvalue weighted by atomic mass is 16.5. The van der Waals surface area contributed by atoms with Gasteiger partial charge in [0.25, 0.3) is 5.91 Å². The lowest BCUT2D eigenvalue weighted by atomic mass is 10.1. The first-order valence-corrected chi connectivity index (χ1v) is 8.80. The molecule has 0 spiro atoms. The van der Waals surface area contributed by atoms with E-state index in [0.29, 0.717) is 17.0 Å². The van der Waals surface area contributed by atoms with E-state index in [4.69, 9.17) is 4.74 Å². The average Bonchev–Trinajstić information content (AvgIpc) is 3.15. The Labute approximate surface area is 162 Å². The van der Waals surface area contributed by atoms with Gasteiger partial charge in [-0.2, -0.15) is 5.10 Å². The normalized spacial score (nSPS) is 10.8. The largest absolute Gasteiger partial charge is 0.497 e. The second kappa shape index (κ2) is 7.11. The van der Waals surface area contributed by atoms with Gasteiger partial charge in [0, 0.05) is 11.3 Å². The minimum atomic E-state index is -0.322. The lowest BCUT2D eigenvalue weighted by Gasteiger charge is -2.08. The van der Waals surface area contributed by atoms with Gasteiger partial charge in [-0.05, 0) is 43.7 Å². The predicted octanol–water partition coefficient (Wildman–Crippen LogP) is 3.67. The van der Waals surface area contributed by atoms with Crippen LogP contribution < -0.4 is 10.1 Å². The SMILES string of the molecule is COc1ccc(-c2cnn3c(C)c(C(=O)Nc4ccc(C)cc4)nnc23)cc1. The zero-order valence-corrected chi connectivity index (χ0v) is 15.8. The van der Waals surface area contributed by atoms with Gasteiger partial charge in [0.05, 0.1) is 19.0 Å². The minimum absolute atomic E-state index is 0.234. The molecule has 0 atom stereocenters. The number of carbonyl (C=O) groups is 1. The van der Waals surface area contributed by atoms with Crippen LogP contribution in [0.2, 0.25) is 0 Å². The Kier molecular flexibility index (Phi) is 4.49. The summed E-state index contributed by atoms with van der Waals surface area (Å²) in [6, 6.07) is 15.2. The molecule has 1 amide bonds. The maximum absolute atomic E-state index is 12.6. The fourth-order valence-electron chi connectivity index (χ4n) is 2.96. The molecule has 4 rings (SSSR count). The number of aryl methyl sites for hydroxylation is 2. The van der Waals surface area contributed by atoms with Crippen LogP contribution in [-0.4, -0.2) is 32.8 Å². The number of anilines is 1. The van der Waals surface area contributed by atoms with E-state index in [1.54, 1.807) is 24.7 Å². The molecule has 0 fully saturated rings. The molecule has 2 aromatic heterocycles. The summed E-state index contributed by atoms with van der Waals surface area (Å²) in [4.78, 5) is 12.6. The summed E-state index contributed by atoms with van der Waals surface area (Å²) in [7, 11) is 1.63. The second-order valence-electron chi connectivity index (χ2n) is 6.48. The summed E-state index contributed by atoms with van der Waals surface area (Å²) in [5, 5.41) is 15.7. The van der Waals surface area contributed by atoms with E-state index in [1.165, 1.54) is 0 Å². The summed E-state index contributed by atoms with van der Waals surface area (Å²) in [6.45, 7) is 3.80. The number of aromatic nitrogens is 4. The number of hydrogen-bond acceptors (Lipinski definition) is 5. The van der Waals surface area contributed by atoms with Crippen molar-refractivity contribution >= 4 is 17.2 Å². The summed E-state index contributed by atoms with van der Waals surface area (Å²) in [6.07, 6.45) is 1.72. The molecule has 28 heavy (non-hydrogen) atoms. The third-order valence-corrected chi connectivity index (χ3v) is 4.57. The number of nitrogens with one attached hydrogen (secondary N) is 1. The van der Waals surface area contributed by atoms with Gasteiger partial charge in [0.15, 0.2) is 11.3 Å². The van der Waals surface area contributed by atoms with Gasteiger partial charge in [0.2, 0.25) is 0 Å². The van der Waals surface area contributed by atoms with E-state index < -0.39 is 0 Å². The van der Waals surface area contributed by atoms with Gasteiger partial charge < -0.3 is 10.1 Å². The maximum atomic E-state index is 12.6. The smallest absolute Gasteiger partial charge is 0.278 e. The monoisotopic (exact) mass is 373 g/mol. The standard InChI is InChI=1S/C21H19N5O2/c1-13-4-8-16(9-5-13)23-21(27)19-14(2)26-20(25-24-19)18(12-22-26)15-6-10-17(28-3)11-7-15/h4-12H,1-3H3,(H,23,27). The van der Waals surface area contributed by atoms with Crippen molar-refractivity contribution in [1.82, 2.24) is 19.8 Å². The lowest BCUT2D eigenvalue weighted by Crippen LogP contribution is -2.18. The molecule has 0 unspecified atom stereocenters. The predicted molar refractivity (Wildman–Crippen MR) is 107 cm³/mol. The van der Waals surface area contributed by atoms with Gasteiger partial charge in [-0.15, -0.1) is 10.2 Å². The molecule has 0 saturated carbocycles. The molecule has 4 aromatic rings. The number of hydrogen-bond donors (Lipinski definition) is 1. The van der Waals surface area contributed by atoms with Crippen LogP contribution in [0.25, 0.3) is 16.8 Å². The zero-order chi connectivity index (χ0) is 19.7. The van der Waals surface area contributed by atoms with Crippen molar-refractivity contribution in [1.29, 1.82) is 0 Å². The highest BCUT2D eigenvalue weighted by Gasteiger charge is 2.18. The first kappa shape index (κ1) is 17.7. The van der Waals surface area contributed by atoms with E-state index in [2.05, 4.69) is 20.6 Å². The first-order valence-electron chi connectivity index (χ1n) is 8.80. The fourth-order valence-corrected chi connectivity index (χ4v) is 2.96. The van der Waals surface area contributed by atoms with E-state index in [9.17, 15) is 4.79 Å². The van der Waals surface area contributed by atoms with Gasteiger partial charge in [-0.3, -0.25) is 4.79 Å². The van der Waals surface area contributed by atoms with Crippen molar-refractivity contribution in [2.45, 2.75) is 13.8 Å². The Morgan fingerprint density at radius 2 is 1.71 bits per heavy atom. The Hall–Kier alpha value is -3.74. The molecule has 0 radical (unpaired) electrons. The van der Waals surface area contributed by atoms with Crippen LogP contribution in [0, 0.1) is 13.8 Å². The van der Waals surface area contributed by atoms with E-state index >= 15 is 0 Å². The van der Waals surface area contributed by atoms with E-state index in [0.717, 1.165) is 22.4 Å². The van der Waals surface area contributed by atoms with Crippen molar-refractivity contribution in [3.63, 3.8) is 0 Å².